The summed E-state index contributed by atoms with van der Waals surface area (Å²) in [4.78, 5) is 0. The van der Waals surface area contributed by atoms with Gasteiger partial charge >= 0.3 is 0 Å². The number of allylic oxidation sites excluding steroid dienone is 1. The van der Waals surface area contributed by atoms with E-state index in [2.05, 4.69) is 31.0 Å². The zero-order valence-electron chi connectivity index (χ0n) is 3.55. The van der Waals surface area contributed by atoms with Crippen molar-refractivity contribution in [3.8, 4) is 6.07 Å². The highest BCUT2D eigenvalue weighted by atomic mass is 32.1. The first-order valence-corrected chi connectivity index (χ1v) is 2.15. The number of hydrogen-bond acceptors (Lipinski definition) is 3. The molecule has 0 aliphatic carbocycles. The third-order valence-electron chi connectivity index (χ3n) is 0.0913. The summed E-state index contributed by atoms with van der Waals surface area (Å²) in [5.74, 6) is 0. The summed E-state index contributed by atoms with van der Waals surface area (Å²) in [6.45, 7) is 3.12. The lowest BCUT2D eigenvalue weighted by atomic mass is 10.8. The second-order valence-corrected chi connectivity index (χ2v) is 1.08. The van der Waals surface area contributed by atoms with Crippen LogP contribution in [0.15, 0.2) is 12.7 Å². The summed E-state index contributed by atoms with van der Waals surface area (Å²) < 4.78 is 1.92. The number of nitrogens with zero attached hydrogens (tertiary/aromatic N) is 1. The molecule has 0 aromatic heterocycles. The lowest BCUT2D eigenvalue weighted by Crippen LogP contribution is -1.23. The Labute approximate surface area is 53.3 Å². The van der Waals surface area contributed by atoms with Crippen molar-refractivity contribution in [2.75, 3.05) is 0 Å². The van der Waals surface area contributed by atoms with Crippen molar-refractivity contribution in [3.63, 3.8) is 0 Å². The van der Waals surface area contributed by atoms with E-state index in [1.54, 1.807) is 6.07 Å². The molecule has 0 radical (unpaired) electrons. The highest BCUT2D eigenvalue weighted by Crippen LogP contribution is 1.41. The van der Waals surface area contributed by atoms with Crippen LogP contribution in [0.3, 0.4) is 0 Å². The Morgan fingerprint density at radius 3 is 1.71 bits per heavy atom. The van der Waals surface area contributed by atoms with E-state index in [0.717, 1.165) is 0 Å². The fourth-order valence-electron chi connectivity index (χ4n) is 0. The van der Waals surface area contributed by atoms with Crippen LogP contribution in [0.5, 0.6) is 0 Å². The van der Waals surface area contributed by atoms with Gasteiger partial charge in [-0.25, -0.2) is 0 Å². The second-order valence-electron chi connectivity index (χ2n) is 0.417. The number of thiocarbonyl (C=S) groups is 2. The van der Waals surface area contributed by atoms with E-state index in [0.29, 0.717) is 0 Å². The SMILES string of the molecule is C=CC#N.S=C=S. The van der Waals surface area contributed by atoms with Crippen molar-refractivity contribution in [3.05, 3.63) is 12.7 Å². The highest BCUT2D eigenvalue weighted by Gasteiger charge is 1.34. The van der Waals surface area contributed by atoms with Crippen molar-refractivity contribution in [1.29, 1.82) is 5.26 Å². The molecule has 0 aromatic carbocycles. The first-order chi connectivity index (χ1) is 3.33. The molecule has 3 heteroatoms. The predicted octanol–water partition coefficient (Wildman–Crippen LogP) is 1.71. The van der Waals surface area contributed by atoms with E-state index in [9.17, 15) is 0 Å². The molecule has 0 saturated heterocycles. The molecule has 0 atom stereocenters. The first kappa shape index (κ1) is 9.67. The van der Waals surface area contributed by atoms with Gasteiger partial charge < -0.3 is 0 Å². The van der Waals surface area contributed by atoms with E-state index < -0.39 is 0 Å². The van der Waals surface area contributed by atoms with Gasteiger partial charge in [-0.1, -0.05) is 6.58 Å². The van der Waals surface area contributed by atoms with Gasteiger partial charge in [0, 0.05) is 10.4 Å². The van der Waals surface area contributed by atoms with Gasteiger partial charge in [0.15, 0.2) is 0 Å². The molecule has 0 aliphatic rings. The average molecular weight is 129 g/mol. The Kier molecular flexibility index (Phi) is 24.8. The van der Waals surface area contributed by atoms with Crippen molar-refractivity contribution in [2.45, 2.75) is 0 Å². The molecule has 0 fully saturated rings. The maximum Gasteiger partial charge on any atom is 0.0905 e. The molecule has 0 aliphatic heterocycles. The lowest BCUT2D eigenvalue weighted by Gasteiger charge is -1.31. The summed E-state index contributed by atoms with van der Waals surface area (Å²) in [6.07, 6.45) is 1.18. The van der Waals surface area contributed by atoms with Gasteiger partial charge in [-0.05, 0) is 24.4 Å². The van der Waals surface area contributed by atoms with E-state index in [-0.39, 0.29) is 0 Å². The number of rotatable bonds is 0. The maximum absolute atomic E-state index is 7.51. The van der Waals surface area contributed by atoms with Gasteiger partial charge in [-0.15, -0.1) is 0 Å². The summed E-state index contributed by atoms with van der Waals surface area (Å²) in [6, 6.07) is 1.69. The van der Waals surface area contributed by atoms with Crippen LogP contribution in [0.4, 0.5) is 0 Å². The van der Waals surface area contributed by atoms with Crippen molar-refractivity contribution >= 4 is 28.7 Å². The average Bonchev–Trinajstić information content (AvgIpc) is 1.69. The van der Waals surface area contributed by atoms with Crippen LogP contribution < -0.4 is 0 Å². The Morgan fingerprint density at radius 2 is 1.71 bits per heavy atom. The minimum Gasteiger partial charge on any atom is -0.193 e. The lowest BCUT2D eigenvalue weighted by molar-refractivity contribution is 1.54. The third-order valence-corrected chi connectivity index (χ3v) is 0.0913. The normalized spacial score (nSPS) is 3.29. The zero-order valence-corrected chi connectivity index (χ0v) is 5.18. The maximum atomic E-state index is 7.51. The van der Waals surface area contributed by atoms with Crippen molar-refractivity contribution in [1.82, 2.24) is 0 Å². The third kappa shape index (κ3) is 320. The molecule has 0 bridgehead atoms. The second kappa shape index (κ2) is 18.0. The molecule has 1 nitrogen and oxygen atoms in total. The molecule has 0 rings (SSSR count). The molecule has 36 valence electrons. The van der Waals surface area contributed by atoms with Crippen LogP contribution in [-0.2, 0) is 0 Å². The van der Waals surface area contributed by atoms with Gasteiger partial charge in [-0.3, -0.25) is 0 Å². The summed E-state index contributed by atoms with van der Waals surface area (Å²) in [5, 5.41) is 7.51. The molecule has 0 saturated carbocycles. The molecule has 0 N–H and O–H groups in total. The molecule has 0 amide bonds. The van der Waals surface area contributed by atoms with Crippen LogP contribution in [0.1, 0.15) is 0 Å². The Bertz CT molecular complexity index is 105. The van der Waals surface area contributed by atoms with Gasteiger partial charge in [0.25, 0.3) is 0 Å². The summed E-state index contributed by atoms with van der Waals surface area (Å²) >= 11 is 7.92. The van der Waals surface area contributed by atoms with Gasteiger partial charge in [-0.2, -0.15) is 5.26 Å². The smallest absolute Gasteiger partial charge is 0.0905 e. The molecule has 0 heterocycles. The highest BCUT2D eigenvalue weighted by molar-refractivity contribution is 7.93. The predicted molar refractivity (Wildman–Crippen MR) is 36.0 cm³/mol. The van der Waals surface area contributed by atoms with Crippen molar-refractivity contribution < 1.29 is 0 Å². The quantitative estimate of drug-likeness (QED) is 0.367. The van der Waals surface area contributed by atoms with E-state index >= 15 is 0 Å². The van der Waals surface area contributed by atoms with Gasteiger partial charge in [0.05, 0.1) is 6.07 Å². The molecule has 0 aromatic rings. The van der Waals surface area contributed by atoms with Crippen LogP contribution in [0.2, 0.25) is 0 Å². The fourth-order valence-corrected chi connectivity index (χ4v) is 0. The Morgan fingerprint density at radius 1 is 1.57 bits per heavy atom. The summed E-state index contributed by atoms with van der Waals surface area (Å²) in [5.41, 5.74) is 0. The first-order valence-electron chi connectivity index (χ1n) is 1.33. The van der Waals surface area contributed by atoms with Gasteiger partial charge in [0.1, 0.15) is 0 Å². The molecular weight excluding hydrogens is 126 g/mol. The monoisotopic (exact) mass is 129 g/mol. The zero-order chi connectivity index (χ0) is 6.12. The van der Waals surface area contributed by atoms with Crippen LogP contribution >= 0.6 is 24.4 Å². The van der Waals surface area contributed by atoms with E-state index in [4.69, 9.17) is 5.26 Å². The molecule has 7 heavy (non-hydrogen) atoms. The summed E-state index contributed by atoms with van der Waals surface area (Å²) in [7, 11) is 0. The van der Waals surface area contributed by atoms with Crippen LogP contribution in [0.25, 0.3) is 0 Å². The topological polar surface area (TPSA) is 23.8 Å². The van der Waals surface area contributed by atoms with Gasteiger partial charge in [0.2, 0.25) is 0 Å². The van der Waals surface area contributed by atoms with Crippen molar-refractivity contribution in [2.24, 2.45) is 0 Å². The van der Waals surface area contributed by atoms with Crippen LogP contribution in [0, 0.1) is 11.3 Å². The molecular formula is C4H3NS2. The van der Waals surface area contributed by atoms with E-state index in [1.807, 2.05) is 4.31 Å². The minimum absolute atomic E-state index is 1.18. The molecule has 0 spiro atoms. The fraction of sp³-hybridized carbons (Fsp3) is 0. The van der Waals surface area contributed by atoms with E-state index in [1.165, 1.54) is 6.08 Å². The number of nitriles is 1. The Balaban J connectivity index is 0. The minimum atomic E-state index is 1.18. The van der Waals surface area contributed by atoms with Crippen LogP contribution in [-0.4, -0.2) is 4.31 Å². The largest absolute Gasteiger partial charge is 0.193 e. The standard InChI is InChI=1S/C3H3N.CS2/c1-2-3-4;2-1-3/h2H,1H2;. The molecule has 0 unspecified atom stereocenters. The number of hydrogen-bond donors (Lipinski definition) is 0. The Hall–Kier alpha value is -0.550.